The van der Waals surface area contributed by atoms with Crippen LogP contribution in [0.5, 0.6) is 5.75 Å². The second kappa shape index (κ2) is 6.72. The number of carbonyl (C=O) groups is 1. The number of aliphatic hydroxyl groups excluding tert-OH is 1. The van der Waals surface area contributed by atoms with Crippen molar-refractivity contribution in [2.45, 2.75) is 25.8 Å². The second-order valence-electron chi connectivity index (χ2n) is 5.20. The first-order chi connectivity index (χ1) is 9.63. The minimum atomic E-state index is -0.0748. The molecule has 1 amide bonds. The van der Waals surface area contributed by atoms with Gasteiger partial charge in [0.2, 0.25) is 5.91 Å². The molecule has 1 aliphatic rings. The van der Waals surface area contributed by atoms with Crippen molar-refractivity contribution in [3.8, 4) is 5.75 Å². The van der Waals surface area contributed by atoms with Crippen LogP contribution in [0, 0.1) is 6.92 Å². The Balaban J connectivity index is 1.99. The fraction of sp³-hybridized carbons (Fsp3) is 0.533. The molecule has 2 rings (SSSR count). The van der Waals surface area contributed by atoms with Crippen LogP contribution in [0.25, 0.3) is 0 Å². The monoisotopic (exact) mass is 278 g/mol. The first-order valence-corrected chi connectivity index (χ1v) is 6.93. The van der Waals surface area contributed by atoms with Gasteiger partial charge in [-0.25, -0.2) is 0 Å². The molecule has 0 aliphatic carbocycles. The molecule has 1 aliphatic heterocycles. The Labute approximate surface area is 119 Å². The highest BCUT2D eigenvalue weighted by atomic mass is 16.5. The van der Waals surface area contributed by atoms with Crippen molar-refractivity contribution in [3.63, 3.8) is 0 Å². The molecular formula is C15H22N2O3. The highest BCUT2D eigenvalue weighted by molar-refractivity contribution is 5.93. The molecule has 110 valence electrons. The van der Waals surface area contributed by atoms with Gasteiger partial charge >= 0.3 is 0 Å². The van der Waals surface area contributed by atoms with Crippen molar-refractivity contribution in [1.82, 2.24) is 4.90 Å². The van der Waals surface area contributed by atoms with E-state index in [0.29, 0.717) is 18.0 Å². The molecule has 1 aromatic carbocycles. The Morgan fingerprint density at radius 3 is 3.05 bits per heavy atom. The zero-order valence-corrected chi connectivity index (χ0v) is 12.1. The van der Waals surface area contributed by atoms with Gasteiger partial charge in [0.15, 0.2) is 0 Å². The molecule has 0 saturated carbocycles. The van der Waals surface area contributed by atoms with Gasteiger partial charge in [0.25, 0.3) is 0 Å². The predicted molar refractivity (Wildman–Crippen MR) is 78.0 cm³/mol. The molecular weight excluding hydrogens is 256 g/mol. The van der Waals surface area contributed by atoms with Gasteiger partial charge in [-0.2, -0.15) is 0 Å². The molecule has 1 fully saturated rings. The Bertz CT molecular complexity index is 476. The minimum absolute atomic E-state index is 0.0748. The Morgan fingerprint density at radius 2 is 2.35 bits per heavy atom. The van der Waals surface area contributed by atoms with Gasteiger partial charge in [0, 0.05) is 6.04 Å². The molecule has 1 saturated heterocycles. The zero-order chi connectivity index (χ0) is 14.5. The van der Waals surface area contributed by atoms with Gasteiger partial charge in [0.1, 0.15) is 5.75 Å². The lowest BCUT2D eigenvalue weighted by molar-refractivity contribution is -0.117. The maximum atomic E-state index is 12.1. The fourth-order valence-corrected chi connectivity index (χ4v) is 2.60. The number of methoxy groups -OCH3 is 1. The zero-order valence-electron chi connectivity index (χ0n) is 12.1. The average Bonchev–Trinajstić information content (AvgIpc) is 2.86. The van der Waals surface area contributed by atoms with E-state index in [1.165, 1.54) is 0 Å². The summed E-state index contributed by atoms with van der Waals surface area (Å²) in [6, 6.07) is 5.79. The van der Waals surface area contributed by atoms with Crippen LogP contribution >= 0.6 is 0 Å². The first kappa shape index (κ1) is 14.8. The summed E-state index contributed by atoms with van der Waals surface area (Å²) < 4.78 is 5.25. The summed E-state index contributed by atoms with van der Waals surface area (Å²) in [7, 11) is 1.59. The third-order valence-electron chi connectivity index (χ3n) is 3.69. The quantitative estimate of drug-likeness (QED) is 0.854. The number of nitrogens with zero attached hydrogens (tertiary/aromatic N) is 1. The van der Waals surface area contributed by atoms with E-state index in [-0.39, 0.29) is 18.6 Å². The third-order valence-corrected chi connectivity index (χ3v) is 3.69. The SMILES string of the molecule is COc1ccc(C)cc1NC(=O)CN1CCCC1CO. The molecule has 5 nitrogen and oxygen atoms in total. The molecule has 1 aromatic rings. The molecule has 5 heteroatoms. The minimum Gasteiger partial charge on any atom is -0.495 e. The highest BCUT2D eigenvalue weighted by Gasteiger charge is 2.25. The number of anilines is 1. The van der Waals surface area contributed by atoms with Gasteiger partial charge in [-0.1, -0.05) is 6.07 Å². The molecule has 0 bridgehead atoms. The van der Waals surface area contributed by atoms with Crippen LogP contribution in [0.3, 0.4) is 0 Å². The Morgan fingerprint density at radius 1 is 1.55 bits per heavy atom. The van der Waals surface area contributed by atoms with Gasteiger partial charge in [-0.3, -0.25) is 9.69 Å². The van der Waals surface area contributed by atoms with Crippen LogP contribution in [-0.4, -0.2) is 48.8 Å². The summed E-state index contributed by atoms with van der Waals surface area (Å²) in [6.45, 7) is 3.25. The molecule has 0 radical (unpaired) electrons. The normalized spacial score (nSPS) is 19.1. The number of aliphatic hydroxyl groups is 1. The summed E-state index contributed by atoms with van der Waals surface area (Å²) in [5, 5.41) is 12.2. The van der Waals surface area contributed by atoms with E-state index in [1.807, 2.05) is 30.0 Å². The van der Waals surface area contributed by atoms with Gasteiger partial charge in [-0.05, 0) is 44.0 Å². The standard InChI is InChI=1S/C15H22N2O3/c1-11-5-6-14(20-2)13(8-11)16-15(19)9-17-7-3-4-12(17)10-18/h5-6,8,12,18H,3-4,7,9-10H2,1-2H3,(H,16,19). The molecule has 0 aromatic heterocycles. The topological polar surface area (TPSA) is 61.8 Å². The van der Waals surface area contributed by atoms with E-state index in [4.69, 9.17) is 4.74 Å². The van der Waals surface area contributed by atoms with Crippen molar-refractivity contribution in [1.29, 1.82) is 0 Å². The highest BCUT2D eigenvalue weighted by Crippen LogP contribution is 2.25. The van der Waals surface area contributed by atoms with Crippen LogP contribution in [0.2, 0.25) is 0 Å². The summed E-state index contributed by atoms with van der Waals surface area (Å²) in [5.41, 5.74) is 1.76. The maximum absolute atomic E-state index is 12.1. The van der Waals surface area contributed by atoms with Gasteiger partial charge < -0.3 is 15.2 Å². The van der Waals surface area contributed by atoms with Crippen molar-refractivity contribution in [2.24, 2.45) is 0 Å². The number of rotatable bonds is 5. The van der Waals surface area contributed by atoms with Crippen LogP contribution in [-0.2, 0) is 4.79 Å². The summed E-state index contributed by atoms with van der Waals surface area (Å²) in [6.07, 6.45) is 1.99. The van der Waals surface area contributed by atoms with Crippen LogP contribution < -0.4 is 10.1 Å². The van der Waals surface area contributed by atoms with Crippen LogP contribution in [0.1, 0.15) is 18.4 Å². The maximum Gasteiger partial charge on any atom is 0.238 e. The number of likely N-dealkylation sites (tertiary alicyclic amines) is 1. The van der Waals surface area contributed by atoms with Crippen molar-refractivity contribution in [2.75, 3.05) is 32.1 Å². The number of ether oxygens (including phenoxy) is 1. The summed E-state index contributed by atoms with van der Waals surface area (Å²) in [4.78, 5) is 14.1. The summed E-state index contributed by atoms with van der Waals surface area (Å²) >= 11 is 0. The number of amides is 1. The van der Waals surface area contributed by atoms with Gasteiger partial charge in [0.05, 0.1) is 25.9 Å². The number of carbonyl (C=O) groups excluding carboxylic acids is 1. The van der Waals surface area contributed by atoms with Crippen molar-refractivity contribution < 1.29 is 14.6 Å². The fourth-order valence-electron chi connectivity index (χ4n) is 2.60. The lowest BCUT2D eigenvalue weighted by Gasteiger charge is -2.22. The van der Waals surface area contributed by atoms with E-state index in [2.05, 4.69) is 5.32 Å². The molecule has 1 atom stereocenters. The average molecular weight is 278 g/mol. The lowest BCUT2D eigenvalue weighted by atomic mass is 10.2. The number of aryl methyl sites for hydroxylation is 1. The number of nitrogens with one attached hydrogen (secondary N) is 1. The van der Waals surface area contributed by atoms with Crippen LogP contribution in [0.4, 0.5) is 5.69 Å². The number of hydrogen-bond donors (Lipinski definition) is 2. The van der Waals surface area contributed by atoms with E-state index < -0.39 is 0 Å². The van der Waals surface area contributed by atoms with Crippen molar-refractivity contribution >= 4 is 11.6 Å². The van der Waals surface area contributed by atoms with Gasteiger partial charge in [-0.15, -0.1) is 0 Å². The molecule has 2 N–H and O–H groups in total. The number of hydrogen-bond acceptors (Lipinski definition) is 4. The number of benzene rings is 1. The molecule has 1 heterocycles. The Hall–Kier alpha value is -1.59. The van der Waals surface area contributed by atoms with Crippen LogP contribution in [0.15, 0.2) is 18.2 Å². The Kier molecular flexibility index (Phi) is 4.98. The van der Waals surface area contributed by atoms with E-state index in [1.54, 1.807) is 7.11 Å². The largest absolute Gasteiger partial charge is 0.495 e. The van der Waals surface area contributed by atoms with E-state index in [9.17, 15) is 9.90 Å². The lowest BCUT2D eigenvalue weighted by Crippen LogP contribution is -2.38. The van der Waals surface area contributed by atoms with E-state index in [0.717, 1.165) is 24.9 Å². The second-order valence-corrected chi connectivity index (χ2v) is 5.20. The third kappa shape index (κ3) is 3.49. The van der Waals surface area contributed by atoms with E-state index >= 15 is 0 Å². The molecule has 0 spiro atoms. The smallest absolute Gasteiger partial charge is 0.238 e. The molecule has 20 heavy (non-hydrogen) atoms. The summed E-state index contributed by atoms with van der Waals surface area (Å²) in [5.74, 6) is 0.582. The molecule has 1 unspecified atom stereocenters. The first-order valence-electron chi connectivity index (χ1n) is 6.93. The predicted octanol–water partition coefficient (Wildman–Crippen LogP) is 1.40. The van der Waals surface area contributed by atoms with Crippen molar-refractivity contribution in [3.05, 3.63) is 23.8 Å².